The predicted octanol–water partition coefficient (Wildman–Crippen LogP) is 4.98. The highest BCUT2D eigenvalue weighted by molar-refractivity contribution is 5.85. The second-order valence-corrected chi connectivity index (χ2v) is 7.43. The van der Waals surface area contributed by atoms with E-state index in [4.69, 9.17) is 4.74 Å². The van der Waals surface area contributed by atoms with E-state index < -0.39 is 5.60 Å². The molecular formula is C23H32ClNO2. The summed E-state index contributed by atoms with van der Waals surface area (Å²) in [6, 6.07) is 18.3. The topological polar surface area (TPSA) is 32.7 Å². The van der Waals surface area contributed by atoms with Gasteiger partial charge >= 0.3 is 0 Å². The highest BCUT2D eigenvalue weighted by Gasteiger charge is 2.36. The second kappa shape index (κ2) is 10.1. The maximum absolute atomic E-state index is 11.6. The number of ether oxygens (including phenoxy) is 1. The maximum atomic E-state index is 11.6. The molecule has 1 heterocycles. The Bertz CT molecular complexity index is 667. The lowest BCUT2D eigenvalue weighted by molar-refractivity contribution is 0.0107. The lowest BCUT2D eigenvalue weighted by Crippen LogP contribution is -2.41. The van der Waals surface area contributed by atoms with E-state index in [-0.39, 0.29) is 18.3 Å². The van der Waals surface area contributed by atoms with Gasteiger partial charge in [0.1, 0.15) is 5.75 Å². The van der Waals surface area contributed by atoms with Crippen LogP contribution in [0.3, 0.4) is 0 Å². The van der Waals surface area contributed by atoms with Gasteiger partial charge < -0.3 is 14.7 Å². The fourth-order valence-corrected chi connectivity index (χ4v) is 3.95. The number of halogens is 1. The van der Waals surface area contributed by atoms with E-state index in [0.717, 1.165) is 30.9 Å². The van der Waals surface area contributed by atoms with Crippen LogP contribution < -0.4 is 4.74 Å². The first-order valence-electron chi connectivity index (χ1n) is 9.84. The molecule has 2 atom stereocenters. The average Bonchev–Trinajstić information content (AvgIpc) is 2.68. The van der Waals surface area contributed by atoms with Crippen molar-refractivity contribution in [2.45, 2.75) is 44.6 Å². The van der Waals surface area contributed by atoms with Crippen LogP contribution >= 0.6 is 12.4 Å². The van der Waals surface area contributed by atoms with Crippen molar-refractivity contribution in [1.29, 1.82) is 0 Å². The lowest BCUT2D eigenvalue weighted by atomic mass is 9.78. The molecule has 2 aromatic carbocycles. The van der Waals surface area contributed by atoms with E-state index in [0.29, 0.717) is 6.61 Å². The molecule has 2 unspecified atom stereocenters. The fraction of sp³-hybridized carbons (Fsp3) is 0.478. The van der Waals surface area contributed by atoms with E-state index in [1.165, 1.54) is 24.8 Å². The first kappa shape index (κ1) is 21.7. The Morgan fingerprint density at radius 2 is 1.63 bits per heavy atom. The van der Waals surface area contributed by atoms with Crippen molar-refractivity contribution in [2.24, 2.45) is 0 Å². The van der Waals surface area contributed by atoms with Gasteiger partial charge in [0, 0.05) is 12.5 Å². The minimum Gasteiger partial charge on any atom is -0.494 e. The van der Waals surface area contributed by atoms with Crippen molar-refractivity contribution in [1.82, 2.24) is 4.90 Å². The summed E-state index contributed by atoms with van der Waals surface area (Å²) in [5.74, 6) is 0.874. The molecule has 1 saturated heterocycles. The Morgan fingerprint density at radius 3 is 2.22 bits per heavy atom. The molecule has 0 bridgehead atoms. The third kappa shape index (κ3) is 5.47. The quantitative estimate of drug-likeness (QED) is 0.724. The summed E-state index contributed by atoms with van der Waals surface area (Å²) in [5.41, 5.74) is 1.19. The third-order valence-corrected chi connectivity index (χ3v) is 5.52. The largest absolute Gasteiger partial charge is 0.494 e. The highest BCUT2D eigenvalue weighted by Crippen LogP contribution is 2.38. The Morgan fingerprint density at radius 1 is 1.00 bits per heavy atom. The van der Waals surface area contributed by atoms with Crippen LogP contribution in [-0.4, -0.2) is 36.2 Å². The monoisotopic (exact) mass is 389 g/mol. The number of likely N-dealkylation sites (tertiary alicyclic amines) is 1. The summed E-state index contributed by atoms with van der Waals surface area (Å²) >= 11 is 0. The number of benzene rings is 2. The fourth-order valence-electron chi connectivity index (χ4n) is 3.95. The van der Waals surface area contributed by atoms with Crippen LogP contribution in [-0.2, 0) is 5.60 Å². The van der Waals surface area contributed by atoms with E-state index >= 15 is 0 Å². The molecule has 1 N–H and O–H groups in total. The zero-order valence-corrected chi connectivity index (χ0v) is 17.3. The van der Waals surface area contributed by atoms with E-state index in [2.05, 4.69) is 29.2 Å². The van der Waals surface area contributed by atoms with Crippen molar-refractivity contribution < 1.29 is 9.84 Å². The van der Waals surface area contributed by atoms with Gasteiger partial charge in [-0.25, -0.2) is 0 Å². The minimum absolute atomic E-state index is 0. The number of hydrogen-bond donors (Lipinski definition) is 1. The van der Waals surface area contributed by atoms with Gasteiger partial charge in [-0.2, -0.15) is 0 Å². The maximum Gasteiger partial charge on any atom is 0.119 e. The molecule has 0 radical (unpaired) electrons. The van der Waals surface area contributed by atoms with Crippen molar-refractivity contribution >= 4 is 12.4 Å². The van der Waals surface area contributed by atoms with Gasteiger partial charge in [-0.1, -0.05) is 48.9 Å². The van der Waals surface area contributed by atoms with Crippen LogP contribution in [0, 0.1) is 0 Å². The molecule has 3 nitrogen and oxygen atoms in total. The molecule has 0 amide bonds. The zero-order valence-electron chi connectivity index (χ0n) is 16.4. The van der Waals surface area contributed by atoms with Gasteiger partial charge in [-0.05, 0) is 63.0 Å². The first-order chi connectivity index (χ1) is 12.6. The van der Waals surface area contributed by atoms with E-state index in [1.807, 2.05) is 44.2 Å². The van der Waals surface area contributed by atoms with Crippen LogP contribution in [0.25, 0.3) is 0 Å². The lowest BCUT2D eigenvalue weighted by Gasteiger charge is -2.38. The Balaban J connectivity index is 0.00000261. The minimum atomic E-state index is -0.941. The molecule has 3 rings (SSSR count). The van der Waals surface area contributed by atoms with Crippen molar-refractivity contribution in [2.75, 3.05) is 26.2 Å². The van der Waals surface area contributed by atoms with Gasteiger partial charge in [-0.3, -0.25) is 0 Å². The van der Waals surface area contributed by atoms with Crippen molar-refractivity contribution in [3.8, 4) is 5.75 Å². The molecule has 0 aliphatic carbocycles. The zero-order chi connectivity index (χ0) is 18.4. The molecular weight excluding hydrogens is 358 g/mol. The summed E-state index contributed by atoms with van der Waals surface area (Å²) in [4.78, 5) is 2.50. The van der Waals surface area contributed by atoms with Crippen LogP contribution in [0.1, 0.15) is 50.2 Å². The van der Waals surface area contributed by atoms with Gasteiger partial charge in [0.25, 0.3) is 0 Å². The van der Waals surface area contributed by atoms with Crippen LogP contribution in [0.15, 0.2) is 54.6 Å². The van der Waals surface area contributed by atoms with Gasteiger partial charge in [0.05, 0.1) is 12.2 Å². The second-order valence-electron chi connectivity index (χ2n) is 7.43. The third-order valence-electron chi connectivity index (χ3n) is 5.52. The van der Waals surface area contributed by atoms with Crippen molar-refractivity contribution in [3.63, 3.8) is 0 Å². The first-order valence-corrected chi connectivity index (χ1v) is 9.84. The summed E-state index contributed by atoms with van der Waals surface area (Å²) in [5, 5.41) is 11.6. The van der Waals surface area contributed by atoms with Crippen LogP contribution in [0.4, 0.5) is 0 Å². The SMILES string of the molecule is CCOc1ccc(C(C)(O)C(CN2CCCCC2)c2ccccc2)cc1.Cl. The van der Waals surface area contributed by atoms with Gasteiger partial charge in [0.15, 0.2) is 0 Å². The molecule has 148 valence electrons. The van der Waals surface area contributed by atoms with Crippen molar-refractivity contribution in [3.05, 3.63) is 65.7 Å². The molecule has 1 aliphatic heterocycles. The number of rotatable bonds is 7. The summed E-state index contributed by atoms with van der Waals surface area (Å²) in [7, 11) is 0. The molecule has 27 heavy (non-hydrogen) atoms. The Labute approximate surface area is 169 Å². The van der Waals surface area contributed by atoms with Gasteiger partial charge in [0.2, 0.25) is 0 Å². The van der Waals surface area contributed by atoms with Crippen LogP contribution in [0.2, 0.25) is 0 Å². The molecule has 4 heteroatoms. The molecule has 0 spiro atoms. The smallest absolute Gasteiger partial charge is 0.119 e. The number of hydrogen-bond acceptors (Lipinski definition) is 3. The standard InChI is InChI=1S/C23H31NO2.ClH/c1-3-26-21-14-12-20(13-15-21)23(2,25)22(19-10-6-4-7-11-19)18-24-16-8-5-9-17-24;/h4,6-7,10-15,22,25H,3,5,8-9,16-18H2,1-2H3;1H. The number of piperidine rings is 1. The Kier molecular flexibility index (Phi) is 8.15. The summed E-state index contributed by atoms with van der Waals surface area (Å²) in [6.45, 7) is 7.71. The molecule has 2 aromatic rings. The average molecular weight is 390 g/mol. The molecule has 1 aliphatic rings. The molecule has 0 saturated carbocycles. The number of aliphatic hydroxyl groups is 1. The van der Waals surface area contributed by atoms with E-state index in [9.17, 15) is 5.11 Å². The molecule has 1 fully saturated rings. The van der Waals surface area contributed by atoms with Gasteiger partial charge in [-0.15, -0.1) is 12.4 Å². The van der Waals surface area contributed by atoms with E-state index in [1.54, 1.807) is 0 Å². The highest BCUT2D eigenvalue weighted by atomic mass is 35.5. The summed E-state index contributed by atoms with van der Waals surface area (Å²) in [6.07, 6.45) is 3.83. The normalized spacial score (nSPS) is 18.2. The number of nitrogens with zero attached hydrogens (tertiary/aromatic N) is 1. The Hall–Kier alpha value is -1.55. The predicted molar refractivity (Wildman–Crippen MR) is 114 cm³/mol. The van der Waals surface area contributed by atoms with Crippen LogP contribution in [0.5, 0.6) is 5.75 Å². The summed E-state index contributed by atoms with van der Waals surface area (Å²) < 4.78 is 5.55. The molecule has 0 aromatic heterocycles.